The molecule has 5 nitrogen and oxygen atoms in total. The molecule has 10 aromatic rings. The Labute approximate surface area is 361 Å². The van der Waals surface area contributed by atoms with Crippen LogP contribution in [-0.4, -0.2) is 20.4 Å². The second kappa shape index (κ2) is 16.9. The van der Waals surface area contributed by atoms with E-state index in [-0.39, 0.29) is 0 Å². The smallest absolute Gasteiger partial charge is 0.0998 e. The third kappa shape index (κ3) is 7.68. The Morgan fingerprint density at radius 2 is 0.548 bits per heavy atom. The molecule has 0 bridgehead atoms. The van der Waals surface area contributed by atoms with Crippen molar-refractivity contribution in [2.45, 2.75) is 0 Å². The van der Waals surface area contributed by atoms with Crippen molar-refractivity contribution >= 4 is 0 Å². The van der Waals surface area contributed by atoms with E-state index in [1.807, 2.05) is 84.9 Å². The minimum Gasteiger partial charge on any atom is -0.192 e. The second-order valence-electron chi connectivity index (χ2n) is 15.0. The van der Waals surface area contributed by atoms with E-state index in [0.29, 0.717) is 5.56 Å². The van der Waals surface area contributed by atoms with E-state index in [0.717, 1.165) is 89.5 Å². The minimum atomic E-state index is 0.605. The monoisotopic (exact) mass is 791 g/mol. The highest BCUT2D eigenvalue weighted by Crippen LogP contribution is 2.40. The van der Waals surface area contributed by atoms with Crippen LogP contribution in [0.1, 0.15) is 5.56 Å². The second-order valence-corrected chi connectivity index (χ2v) is 15.0. The summed E-state index contributed by atoms with van der Waals surface area (Å²) in [5.41, 5.74) is 18.1. The molecule has 2 aromatic heterocycles. The van der Waals surface area contributed by atoms with Crippen molar-refractivity contribution in [1.82, 2.24) is 20.4 Å². The zero-order valence-corrected chi connectivity index (χ0v) is 33.6. The summed E-state index contributed by atoms with van der Waals surface area (Å²) in [7, 11) is 0. The first-order valence-electron chi connectivity index (χ1n) is 20.5. The van der Waals surface area contributed by atoms with Crippen molar-refractivity contribution in [1.29, 1.82) is 5.26 Å². The van der Waals surface area contributed by atoms with Crippen LogP contribution in [0.15, 0.2) is 224 Å². The number of hydrogen-bond acceptors (Lipinski definition) is 5. The number of rotatable bonds is 9. The molecule has 2 heterocycles. The zero-order valence-electron chi connectivity index (χ0n) is 33.6. The molecule has 0 aliphatic heterocycles. The van der Waals surface area contributed by atoms with Gasteiger partial charge in [-0.15, -0.1) is 20.4 Å². The summed E-state index contributed by atoms with van der Waals surface area (Å²) in [6, 6.07) is 79.0. The molecule has 0 radical (unpaired) electrons. The van der Waals surface area contributed by atoms with Crippen molar-refractivity contribution in [2.24, 2.45) is 0 Å². The molecule has 0 aliphatic rings. The molecule has 0 N–H and O–H groups in total. The van der Waals surface area contributed by atoms with Crippen LogP contribution >= 0.6 is 0 Å². The van der Waals surface area contributed by atoms with Gasteiger partial charge in [-0.25, -0.2) is 0 Å². The van der Waals surface area contributed by atoms with Crippen LogP contribution in [0.25, 0.3) is 101 Å². The third-order valence-electron chi connectivity index (χ3n) is 11.2. The highest BCUT2D eigenvalue weighted by atomic mass is 15.1. The van der Waals surface area contributed by atoms with Gasteiger partial charge in [0.05, 0.1) is 34.4 Å². The maximum absolute atomic E-state index is 10.2. The van der Waals surface area contributed by atoms with Gasteiger partial charge in [0.1, 0.15) is 0 Å². The van der Waals surface area contributed by atoms with Gasteiger partial charge in [-0.2, -0.15) is 5.26 Å². The summed E-state index contributed by atoms with van der Waals surface area (Å²) in [4.78, 5) is 0. The summed E-state index contributed by atoms with van der Waals surface area (Å²) in [5, 5.41) is 29.2. The lowest BCUT2D eigenvalue weighted by Crippen LogP contribution is -1.95. The van der Waals surface area contributed by atoms with E-state index in [1.54, 1.807) is 0 Å². The molecule has 5 heteroatoms. The van der Waals surface area contributed by atoms with Gasteiger partial charge >= 0.3 is 0 Å². The molecule has 290 valence electrons. The van der Waals surface area contributed by atoms with Crippen LogP contribution in [0.2, 0.25) is 0 Å². The quantitative estimate of drug-likeness (QED) is 0.145. The first-order chi connectivity index (χ1) is 30.7. The predicted octanol–water partition coefficient (Wildman–Crippen LogP) is 14.1. The molecule has 0 amide bonds. The van der Waals surface area contributed by atoms with Crippen LogP contribution in [0.3, 0.4) is 0 Å². The van der Waals surface area contributed by atoms with Crippen LogP contribution in [0, 0.1) is 11.3 Å². The summed E-state index contributed by atoms with van der Waals surface area (Å²) in [6.45, 7) is 0. The highest BCUT2D eigenvalue weighted by molar-refractivity contribution is 5.91. The van der Waals surface area contributed by atoms with Crippen LogP contribution in [0.5, 0.6) is 0 Å². The van der Waals surface area contributed by atoms with Crippen molar-refractivity contribution in [3.05, 3.63) is 230 Å². The van der Waals surface area contributed by atoms with Gasteiger partial charge in [-0.05, 0) is 104 Å². The molecule has 0 unspecified atom stereocenters. The Bertz CT molecular complexity index is 3000. The Kier molecular flexibility index (Phi) is 10.3. The Hall–Kier alpha value is -8.59. The molecule has 10 rings (SSSR count). The van der Waals surface area contributed by atoms with Crippen molar-refractivity contribution < 1.29 is 0 Å². The fourth-order valence-electron chi connectivity index (χ4n) is 8.03. The topological polar surface area (TPSA) is 75.3 Å². The molecule has 0 fully saturated rings. The Morgan fingerprint density at radius 3 is 0.952 bits per heavy atom. The van der Waals surface area contributed by atoms with Gasteiger partial charge in [0.15, 0.2) is 0 Å². The summed E-state index contributed by atoms with van der Waals surface area (Å²) < 4.78 is 0. The molecule has 62 heavy (non-hydrogen) atoms. The molecule has 0 aliphatic carbocycles. The lowest BCUT2D eigenvalue weighted by molar-refractivity contribution is 1.04. The van der Waals surface area contributed by atoms with E-state index in [1.165, 1.54) is 11.1 Å². The van der Waals surface area contributed by atoms with Gasteiger partial charge in [-0.3, -0.25) is 0 Å². The molecule has 8 aromatic carbocycles. The van der Waals surface area contributed by atoms with Gasteiger partial charge in [-0.1, -0.05) is 176 Å². The van der Waals surface area contributed by atoms with Gasteiger partial charge in [0.2, 0.25) is 0 Å². The van der Waals surface area contributed by atoms with E-state index in [2.05, 4.69) is 146 Å². The van der Waals surface area contributed by atoms with Crippen molar-refractivity contribution in [3.63, 3.8) is 0 Å². The number of aromatic nitrogens is 4. The maximum atomic E-state index is 10.2. The Balaban J connectivity index is 1.01. The van der Waals surface area contributed by atoms with E-state index < -0.39 is 0 Å². The van der Waals surface area contributed by atoms with Gasteiger partial charge < -0.3 is 0 Å². The number of nitriles is 1. The maximum Gasteiger partial charge on any atom is 0.0998 e. The third-order valence-corrected chi connectivity index (χ3v) is 11.2. The van der Waals surface area contributed by atoms with Gasteiger partial charge in [0.25, 0.3) is 0 Å². The van der Waals surface area contributed by atoms with Crippen LogP contribution < -0.4 is 0 Å². The fourth-order valence-corrected chi connectivity index (χ4v) is 8.03. The first-order valence-corrected chi connectivity index (χ1v) is 20.5. The molecule has 0 saturated heterocycles. The van der Waals surface area contributed by atoms with Gasteiger partial charge in [0, 0.05) is 22.3 Å². The first kappa shape index (κ1) is 37.7. The average molecular weight is 792 g/mol. The molecular formula is C57H37N5. The molecule has 0 spiro atoms. The normalized spacial score (nSPS) is 10.9. The standard InChI is InChI=1S/C57H37N5/c58-38-45-17-7-8-18-49(45)46-35-47(50-19-9-11-21-52(50)56-33-31-54(59-61-56)43-27-23-41(24-28-43)39-13-3-1-4-14-39)37-48(36-46)51-20-10-12-22-53(51)57-34-32-55(60-62-57)44-29-25-42(26-30-44)40-15-5-2-6-16-40/h1-37H. The van der Waals surface area contributed by atoms with E-state index in [9.17, 15) is 5.26 Å². The van der Waals surface area contributed by atoms with Crippen LogP contribution in [-0.2, 0) is 0 Å². The lowest BCUT2D eigenvalue weighted by Gasteiger charge is -2.16. The highest BCUT2D eigenvalue weighted by Gasteiger charge is 2.17. The minimum absolute atomic E-state index is 0.605. The number of hydrogen-bond donors (Lipinski definition) is 0. The summed E-state index contributed by atoms with van der Waals surface area (Å²) in [6.07, 6.45) is 0. The fraction of sp³-hybridized carbons (Fsp3) is 0. The average Bonchev–Trinajstić information content (AvgIpc) is 3.37. The number of benzene rings is 8. The van der Waals surface area contributed by atoms with Crippen LogP contribution in [0.4, 0.5) is 0 Å². The Morgan fingerprint density at radius 1 is 0.242 bits per heavy atom. The van der Waals surface area contributed by atoms with E-state index in [4.69, 9.17) is 20.4 Å². The summed E-state index contributed by atoms with van der Waals surface area (Å²) >= 11 is 0. The molecule has 0 saturated carbocycles. The summed E-state index contributed by atoms with van der Waals surface area (Å²) in [5.74, 6) is 0. The molecular weight excluding hydrogens is 755 g/mol. The SMILES string of the molecule is N#Cc1ccccc1-c1cc(-c2ccccc2-c2ccc(-c3ccc(-c4ccccc4)cc3)nn2)cc(-c2ccccc2-c2ccc(-c3ccc(-c4ccccc4)cc3)nn2)c1. The largest absolute Gasteiger partial charge is 0.192 e. The van der Waals surface area contributed by atoms with Crippen molar-refractivity contribution in [3.8, 4) is 107 Å². The molecule has 0 atom stereocenters. The lowest BCUT2D eigenvalue weighted by atomic mass is 9.88. The van der Waals surface area contributed by atoms with Crippen molar-refractivity contribution in [2.75, 3.05) is 0 Å². The number of nitrogens with zero attached hydrogens (tertiary/aromatic N) is 5. The predicted molar refractivity (Wildman–Crippen MR) is 251 cm³/mol. The van der Waals surface area contributed by atoms with E-state index >= 15 is 0 Å². The zero-order chi connectivity index (χ0) is 41.7.